The van der Waals surface area contributed by atoms with Gasteiger partial charge in [0.1, 0.15) is 17.7 Å². The Balaban J connectivity index is 1.42. The van der Waals surface area contributed by atoms with Crippen LogP contribution in [0.2, 0.25) is 5.02 Å². The predicted molar refractivity (Wildman–Crippen MR) is 106 cm³/mol. The number of para-hydroxylation sites is 1. The van der Waals surface area contributed by atoms with Crippen molar-refractivity contribution in [3.63, 3.8) is 0 Å². The van der Waals surface area contributed by atoms with Crippen LogP contribution < -0.4 is 15.4 Å². The Morgan fingerprint density at radius 3 is 2.67 bits per heavy atom. The van der Waals surface area contributed by atoms with E-state index in [1.807, 2.05) is 30.3 Å². The first-order chi connectivity index (χ1) is 13.2. The molecule has 4 rings (SSSR count). The lowest BCUT2D eigenvalue weighted by Gasteiger charge is -2.35. The molecule has 1 atom stereocenters. The monoisotopic (exact) mass is 389 g/mol. The fraction of sp³-hybridized carbons (Fsp3) is 0.500. The zero-order valence-corrected chi connectivity index (χ0v) is 16.2. The number of halogens is 1. The molecule has 6 nitrogen and oxygen atoms in total. The van der Waals surface area contributed by atoms with E-state index >= 15 is 0 Å². The first-order valence-corrected chi connectivity index (χ1v) is 10.1. The quantitative estimate of drug-likeness (QED) is 0.852. The number of aromatic nitrogens is 2. The van der Waals surface area contributed by atoms with Crippen LogP contribution in [0.15, 0.2) is 41.3 Å². The van der Waals surface area contributed by atoms with Crippen LogP contribution in [0, 0.1) is 0 Å². The van der Waals surface area contributed by atoms with Crippen LogP contribution in [0.5, 0.6) is 0 Å². The van der Waals surface area contributed by atoms with Crippen LogP contribution in [-0.4, -0.2) is 55.2 Å². The third-order valence-electron chi connectivity index (χ3n) is 5.50. The fourth-order valence-corrected chi connectivity index (χ4v) is 4.20. The van der Waals surface area contributed by atoms with E-state index in [1.165, 1.54) is 23.9 Å². The van der Waals surface area contributed by atoms with E-state index < -0.39 is 0 Å². The van der Waals surface area contributed by atoms with Crippen molar-refractivity contribution in [3.05, 3.63) is 51.9 Å². The first-order valence-electron chi connectivity index (χ1n) is 9.76. The van der Waals surface area contributed by atoms with Crippen molar-refractivity contribution in [3.8, 4) is 5.69 Å². The van der Waals surface area contributed by atoms with Gasteiger partial charge < -0.3 is 14.5 Å². The molecular weight excluding hydrogens is 364 g/mol. The van der Waals surface area contributed by atoms with Crippen LogP contribution in [0.4, 0.5) is 5.69 Å². The Kier molecular flexibility index (Phi) is 5.76. The van der Waals surface area contributed by atoms with Crippen molar-refractivity contribution in [1.29, 1.82) is 0 Å². The molecular formula is C20H26ClN4O2+. The van der Waals surface area contributed by atoms with Gasteiger partial charge in [0.25, 0.3) is 5.56 Å². The summed E-state index contributed by atoms with van der Waals surface area (Å²) in [6.07, 6.45) is 5.77. The Labute approximate surface area is 164 Å². The maximum atomic E-state index is 12.7. The van der Waals surface area contributed by atoms with E-state index in [2.05, 4.69) is 10.00 Å². The number of nitrogens with one attached hydrogen (secondary N) is 1. The summed E-state index contributed by atoms with van der Waals surface area (Å²) in [4.78, 5) is 16.4. The average molecular weight is 390 g/mol. The van der Waals surface area contributed by atoms with E-state index in [1.54, 1.807) is 11.1 Å². The van der Waals surface area contributed by atoms with Crippen molar-refractivity contribution >= 4 is 17.3 Å². The molecule has 0 amide bonds. The summed E-state index contributed by atoms with van der Waals surface area (Å²) in [6, 6.07) is 9.36. The lowest BCUT2D eigenvalue weighted by molar-refractivity contribution is -0.904. The normalized spacial score (nSPS) is 21.4. The number of rotatable bonds is 4. The number of ether oxygens (including phenoxy) is 1. The lowest BCUT2D eigenvalue weighted by atomic mass is 10.1. The predicted octanol–water partition coefficient (Wildman–Crippen LogP) is 1.16. The van der Waals surface area contributed by atoms with Gasteiger partial charge in [0.05, 0.1) is 43.8 Å². The van der Waals surface area contributed by atoms with E-state index in [0.717, 1.165) is 50.7 Å². The molecule has 2 saturated heterocycles. The molecule has 27 heavy (non-hydrogen) atoms. The molecule has 2 fully saturated rings. The maximum absolute atomic E-state index is 12.7. The van der Waals surface area contributed by atoms with Gasteiger partial charge in [0.2, 0.25) is 0 Å². The largest absolute Gasteiger partial charge is 0.372 e. The molecule has 0 radical (unpaired) electrons. The van der Waals surface area contributed by atoms with Gasteiger partial charge in [-0.2, -0.15) is 9.78 Å². The molecule has 1 aromatic carbocycles. The summed E-state index contributed by atoms with van der Waals surface area (Å²) < 4.78 is 7.23. The number of hydrogen-bond donors (Lipinski definition) is 1. The molecule has 7 heteroatoms. The SMILES string of the molecule is O=c1c(Cl)c(N2CC[NH+](C[C@@H]3CCCCO3)CC2)cnn1-c1ccccc1. The minimum atomic E-state index is -0.272. The van der Waals surface area contributed by atoms with Gasteiger partial charge in [-0.05, 0) is 31.4 Å². The highest BCUT2D eigenvalue weighted by Crippen LogP contribution is 2.21. The molecule has 0 saturated carbocycles. The van der Waals surface area contributed by atoms with E-state index in [0.29, 0.717) is 6.10 Å². The lowest BCUT2D eigenvalue weighted by Crippen LogP contribution is -3.15. The van der Waals surface area contributed by atoms with Gasteiger partial charge in [-0.15, -0.1) is 0 Å². The molecule has 0 bridgehead atoms. The van der Waals surface area contributed by atoms with E-state index in [9.17, 15) is 4.79 Å². The summed E-state index contributed by atoms with van der Waals surface area (Å²) in [5, 5.41) is 4.59. The average Bonchev–Trinajstić information content (AvgIpc) is 2.72. The standard InChI is InChI=1S/C20H25ClN4O2/c21-19-18(14-22-25(20(19)26)16-6-2-1-3-7-16)24-11-9-23(10-12-24)15-17-8-4-5-13-27-17/h1-3,6-7,14,17H,4-5,8-13,15H2/p+1/t17-/m0/s1. The van der Waals surface area contributed by atoms with Crippen molar-refractivity contribution < 1.29 is 9.64 Å². The number of nitrogens with zero attached hydrogens (tertiary/aromatic N) is 3. The molecule has 0 unspecified atom stereocenters. The Morgan fingerprint density at radius 2 is 1.96 bits per heavy atom. The Bertz CT molecular complexity index is 812. The third kappa shape index (κ3) is 4.18. The zero-order chi connectivity index (χ0) is 18.6. The fourth-order valence-electron chi connectivity index (χ4n) is 3.96. The van der Waals surface area contributed by atoms with Crippen molar-refractivity contribution in [1.82, 2.24) is 9.78 Å². The number of hydrogen-bond acceptors (Lipinski definition) is 4. The second-order valence-electron chi connectivity index (χ2n) is 7.33. The van der Waals surface area contributed by atoms with Gasteiger partial charge in [0.15, 0.2) is 0 Å². The second kappa shape index (κ2) is 8.42. The van der Waals surface area contributed by atoms with E-state index in [-0.39, 0.29) is 10.6 Å². The van der Waals surface area contributed by atoms with Crippen LogP contribution >= 0.6 is 11.6 Å². The molecule has 3 heterocycles. The highest BCUT2D eigenvalue weighted by Gasteiger charge is 2.26. The number of benzene rings is 1. The van der Waals surface area contributed by atoms with Crippen molar-refractivity contribution in [2.24, 2.45) is 0 Å². The zero-order valence-electron chi connectivity index (χ0n) is 15.4. The van der Waals surface area contributed by atoms with Gasteiger partial charge in [-0.3, -0.25) is 4.79 Å². The van der Waals surface area contributed by atoms with Gasteiger partial charge in [-0.1, -0.05) is 29.8 Å². The van der Waals surface area contributed by atoms with Crippen LogP contribution in [0.25, 0.3) is 5.69 Å². The third-order valence-corrected chi connectivity index (χ3v) is 5.86. The second-order valence-corrected chi connectivity index (χ2v) is 7.70. The summed E-state index contributed by atoms with van der Waals surface area (Å²) in [7, 11) is 0. The molecule has 1 aromatic heterocycles. The number of piperazine rings is 1. The van der Waals surface area contributed by atoms with Gasteiger partial charge in [0, 0.05) is 6.61 Å². The summed E-state index contributed by atoms with van der Waals surface area (Å²) in [6.45, 7) is 5.78. The van der Waals surface area contributed by atoms with Crippen LogP contribution in [-0.2, 0) is 4.74 Å². The minimum Gasteiger partial charge on any atom is -0.372 e. The van der Waals surface area contributed by atoms with Crippen molar-refractivity contribution in [2.75, 3.05) is 44.2 Å². The van der Waals surface area contributed by atoms with Gasteiger partial charge >= 0.3 is 0 Å². The number of quaternary nitrogens is 1. The summed E-state index contributed by atoms with van der Waals surface area (Å²) >= 11 is 6.43. The summed E-state index contributed by atoms with van der Waals surface area (Å²) in [5.74, 6) is 0. The highest BCUT2D eigenvalue weighted by atomic mass is 35.5. The first kappa shape index (κ1) is 18.5. The van der Waals surface area contributed by atoms with Crippen LogP contribution in [0.3, 0.4) is 0 Å². The molecule has 2 aliphatic rings. The Morgan fingerprint density at radius 1 is 1.19 bits per heavy atom. The summed E-state index contributed by atoms with van der Waals surface area (Å²) in [5.41, 5.74) is 1.19. The number of anilines is 1. The molecule has 2 aromatic rings. The molecule has 2 aliphatic heterocycles. The molecule has 1 N–H and O–H groups in total. The van der Waals surface area contributed by atoms with Crippen molar-refractivity contribution in [2.45, 2.75) is 25.4 Å². The molecule has 0 spiro atoms. The van der Waals surface area contributed by atoms with Gasteiger partial charge in [-0.25, -0.2) is 0 Å². The molecule has 144 valence electrons. The minimum absolute atomic E-state index is 0.243. The maximum Gasteiger partial charge on any atom is 0.292 e. The topological polar surface area (TPSA) is 51.8 Å². The molecule has 0 aliphatic carbocycles. The van der Waals surface area contributed by atoms with Crippen LogP contribution in [0.1, 0.15) is 19.3 Å². The smallest absolute Gasteiger partial charge is 0.292 e. The Hall–Kier alpha value is -1.89. The van der Waals surface area contributed by atoms with E-state index in [4.69, 9.17) is 16.3 Å². The highest BCUT2D eigenvalue weighted by molar-refractivity contribution is 6.33.